The third-order valence-corrected chi connectivity index (χ3v) is 4.68. The smallest absolute Gasteiger partial charge is 0.0802 e. The highest BCUT2D eigenvalue weighted by atomic mass is 32.1. The second-order valence-corrected chi connectivity index (χ2v) is 6.27. The second-order valence-electron chi connectivity index (χ2n) is 4.98. The van der Waals surface area contributed by atoms with E-state index >= 15 is 0 Å². The van der Waals surface area contributed by atoms with E-state index in [4.69, 9.17) is 5.84 Å². The van der Waals surface area contributed by atoms with Crippen molar-refractivity contribution in [2.45, 2.75) is 39.7 Å². The molecule has 0 saturated carbocycles. The van der Waals surface area contributed by atoms with Gasteiger partial charge in [-0.05, 0) is 43.0 Å². The van der Waals surface area contributed by atoms with E-state index in [0.29, 0.717) is 0 Å². The van der Waals surface area contributed by atoms with E-state index in [9.17, 15) is 0 Å². The van der Waals surface area contributed by atoms with Crippen molar-refractivity contribution in [1.29, 1.82) is 0 Å². The largest absolute Gasteiger partial charge is 0.271 e. The summed E-state index contributed by atoms with van der Waals surface area (Å²) in [6.07, 6.45) is 2.29. The van der Waals surface area contributed by atoms with Gasteiger partial charge in [0.25, 0.3) is 0 Å². The molecule has 1 aromatic carbocycles. The molecule has 0 aliphatic heterocycles. The average Bonchev–Trinajstić information content (AvgIpc) is 2.71. The van der Waals surface area contributed by atoms with Crippen LogP contribution in [0.25, 0.3) is 0 Å². The molecule has 1 aromatic heterocycles. The Bertz CT molecular complexity index is 526. The van der Waals surface area contributed by atoms with Crippen LogP contribution in [0, 0.1) is 13.8 Å². The SMILES string of the molecule is CCCc1cccc(C(NN)c2cc(C)c(C)s2)c1. The van der Waals surface area contributed by atoms with Crippen LogP contribution in [0.1, 0.15) is 45.8 Å². The Morgan fingerprint density at radius 3 is 2.63 bits per heavy atom. The van der Waals surface area contributed by atoms with Gasteiger partial charge >= 0.3 is 0 Å². The molecular formula is C16H22N2S. The minimum atomic E-state index is 0.0919. The Balaban J connectivity index is 2.33. The van der Waals surface area contributed by atoms with E-state index in [1.807, 2.05) is 11.3 Å². The number of benzene rings is 1. The van der Waals surface area contributed by atoms with Crippen LogP contribution in [0.2, 0.25) is 0 Å². The van der Waals surface area contributed by atoms with Gasteiger partial charge in [0.15, 0.2) is 0 Å². The topological polar surface area (TPSA) is 38.0 Å². The van der Waals surface area contributed by atoms with Crippen molar-refractivity contribution >= 4 is 11.3 Å². The molecule has 0 bridgehead atoms. The Hall–Kier alpha value is -1.16. The van der Waals surface area contributed by atoms with Gasteiger partial charge in [0.2, 0.25) is 0 Å². The van der Waals surface area contributed by atoms with Gasteiger partial charge in [-0.25, -0.2) is 5.43 Å². The van der Waals surface area contributed by atoms with Crippen LogP contribution in [0.4, 0.5) is 0 Å². The van der Waals surface area contributed by atoms with Crippen LogP contribution in [0.15, 0.2) is 30.3 Å². The standard InChI is InChI=1S/C16H22N2S/c1-4-6-13-7-5-8-14(10-13)16(18-17)15-9-11(2)12(3)19-15/h5,7-10,16,18H,4,6,17H2,1-3H3. The molecule has 2 rings (SSSR count). The second kappa shape index (κ2) is 6.33. The lowest BCUT2D eigenvalue weighted by atomic mass is 10.0. The van der Waals surface area contributed by atoms with Gasteiger partial charge in [0, 0.05) is 9.75 Å². The molecule has 0 saturated heterocycles. The van der Waals surface area contributed by atoms with E-state index < -0.39 is 0 Å². The van der Waals surface area contributed by atoms with Crippen molar-refractivity contribution in [2.24, 2.45) is 5.84 Å². The predicted molar refractivity (Wildman–Crippen MR) is 83.4 cm³/mol. The molecule has 3 heteroatoms. The van der Waals surface area contributed by atoms with E-state index in [-0.39, 0.29) is 6.04 Å². The summed E-state index contributed by atoms with van der Waals surface area (Å²) in [6.45, 7) is 6.51. The van der Waals surface area contributed by atoms with Crippen molar-refractivity contribution < 1.29 is 0 Å². The van der Waals surface area contributed by atoms with Gasteiger partial charge in [-0.15, -0.1) is 11.3 Å². The third-order valence-electron chi connectivity index (χ3n) is 3.46. The quantitative estimate of drug-likeness (QED) is 0.641. The van der Waals surface area contributed by atoms with Crippen LogP contribution in [0.5, 0.6) is 0 Å². The predicted octanol–water partition coefficient (Wildman–Crippen LogP) is 3.87. The molecule has 102 valence electrons. The molecule has 3 N–H and O–H groups in total. The van der Waals surface area contributed by atoms with Gasteiger partial charge in [-0.3, -0.25) is 5.84 Å². The molecule has 2 nitrogen and oxygen atoms in total. The van der Waals surface area contributed by atoms with Gasteiger partial charge < -0.3 is 0 Å². The molecule has 1 unspecified atom stereocenters. The zero-order valence-corrected chi connectivity index (χ0v) is 12.7. The van der Waals surface area contributed by atoms with Crippen molar-refractivity contribution in [3.8, 4) is 0 Å². The first-order valence-electron chi connectivity index (χ1n) is 6.77. The number of nitrogens with two attached hydrogens (primary N) is 1. The summed E-state index contributed by atoms with van der Waals surface area (Å²) in [4.78, 5) is 2.64. The third kappa shape index (κ3) is 3.24. The minimum absolute atomic E-state index is 0.0919. The minimum Gasteiger partial charge on any atom is -0.271 e. The van der Waals surface area contributed by atoms with E-state index in [1.54, 1.807) is 0 Å². The number of hydrazine groups is 1. The molecular weight excluding hydrogens is 252 g/mol. The summed E-state index contributed by atoms with van der Waals surface area (Å²) >= 11 is 1.82. The highest BCUT2D eigenvalue weighted by Gasteiger charge is 2.15. The molecule has 19 heavy (non-hydrogen) atoms. The zero-order chi connectivity index (χ0) is 13.8. The Morgan fingerprint density at radius 1 is 1.26 bits per heavy atom. The summed E-state index contributed by atoms with van der Waals surface area (Å²) in [6, 6.07) is 11.0. The normalized spacial score (nSPS) is 12.6. The van der Waals surface area contributed by atoms with Gasteiger partial charge in [-0.2, -0.15) is 0 Å². The fourth-order valence-electron chi connectivity index (χ4n) is 2.30. The van der Waals surface area contributed by atoms with Crippen molar-refractivity contribution in [3.05, 3.63) is 56.8 Å². The summed E-state index contributed by atoms with van der Waals surface area (Å²) in [5.74, 6) is 5.78. The molecule has 0 spiro atoms. The average molecular weight is 274 g/mol. The molecule has 0 aliphatic rings. The van der Waals surface area contributed by atoms with Crippen LogP contribution in [0.3, 0.4) is 0 Å². The van der Waals surface area contributed by atoms with Gasteiger partial charge in [0.05, 0.1) is 6.04 Å². The molecule has 1 atom stereocenters. The molecule has 0 fully saturated rings. The number of thiophene rings is 1. The molecule has 0 radical (unpaired) electrons. The molecule has 0 aliphatic carbocycles. The van der Waals surface area contributed by atoms with Crippen molar-refractivity contribution in [2.75, 3.05) is 0 Å². The lowest BCUT2D eigenvalue weighted by Gasteiger charge is -2.15. The van der Waals surface area contributed by atoms with Crippen LogP contribution >= 0.6 is 11.3 Å². The fourth-order valence-corrected chi connectivity index (χ4v) is 3.43. The first-order valence-corrected chi connectivity index (χ1v) is 7.59. The maximum absolute atomic E-state index is 5.78. The van der Waals surface area contributed by atoms with Gasteiger partial charge in [0.1, 0.15) is 0 Å². The first kappa shape index (κ1) is 14.3. The number of nitrogens with one attached hydrogen (secondary N) is 1. The molecule has 2 aromatic rings. The number of rotatable bonds is 5. The molecule has 0 amide bonds. The Morgan fingerprint density at radius 2 is 2.05 bits per heavy atom. The van der Waals surface area contributed by atoms with Crippen molar-refractivity contribution in [3.63, 3.8) is 0 Å². The van der Waals surface area contributed by atoms with E-state index in [0.717, 1.165) is 6.42 Å². The highest BCUT2D eigenvalue weighted by Crippen LogP contribution is 2.30. The van der Waals surface area contributed by atoms with Crippen LogP contribution in [-0.4, -0.2) is 0 Å². The maximum atomic E-state index is 5.78. The van der Waals surface area contributed by atoms with Crippen molar-refractivity contribution in [1.82, 2.24) is 5.43 Å². The summed E-state index contributed by atoms with van der Waals surface area (Å²) in [5, 5.41) is 0. The van der Waals surface area contributed by atoms with Crippen LogP contribution < -0.4 is 11.3 Å². The van der Waals surface area contributed by atoms with Gasteiger partial charge in [-0.1, -0.05) is 37.6 Å². The Kier molecular flexibility index (Phi) is 4.75. The summed E-state index contributed by atoms with van der Waals surface area (Å²) in [5.41, 5.74) is 6.92. The van der Waals surface area contributed by atoms with Crippen LogP contribution in [-0.2, 0) is 6.42 Å². The first-order chi connectivity index (χ1) is 9.15. The summed E-state index contributed by atoms with van der Waals surface area (Å²) in [7, 11) is 0. The van der Waals surface area contributed by atoms with E-state index in [2.05, 4.69) is 56.5 Å². The summed E-state index contributed by atoms with van der Waals surface area (Å²) < 4.78 is 0. The number of hydrogen-bond donors (Lipinski definition) is 2. The monoisotopic (exact) mass is 274 g/mol. The molecule has 1 heterocycles. The highest BCUT2D eigenvalue weighted by molar-refractivity contribution is 7.12. The lowest BCUT2D eigenvalue weighted by molar-refractivity contribution is 0.645. The van der Waals surface area contributed by atoms with E-state index in [1.165, 1.54) is 32.9 Å². The lowest BCUT2D eigenvalue weighted by Crippen LogP contribution is -2.28. The maximum Gasteiger partial charge on any atom is 0.0802 e. The Labute approximate surface area is 119 Å². The fraction of sp³-hybridized carbons (Fsp3) is 0.375. The number of aryl methyl sites for hydroxylation is 3. The number of hydrogen-bond acceptors (Lipinski definition) is 3. The zero-order valence-electron chi connectivity index (χ0n) is 11.9.